The van der Waals surface area contributed by atoms with Crippen molar-refractivity contribution < 1.29 is 39.8 Å². The summed E-state index contributed by atoms with van der Waals surface area (Å²) in [6.45, 7) is 0. The molecule has 164 valence electrons. The van der Waals surface area contributed by atoms with Crippen LogP contribution in [0.15, 0.2) is 41.3 Å². The fourth-order valence-electron chi connectivity index (χ4n) is 3.00. The summed E-state index contributed by atoms with van der Waals surface area (Å²) in [7, 11) is -1.88. The number of sulfonamides is 1. The van der Waals surface area contributed by atoms with Crippen LogP contribution in [-0.4, -0.2) is 22.6 Å². The van der Waals surface area contributed by atoms with Crippen molar-refractivity contribution in [3.63, 3.8) is 0 Å². The fourth-order valence-corrected chi connectivity index (χ4v) is 3.51. The minimum atomic E-state index is -4.10. The Balaban J connectivity index is 2.40. The molecule has 0 radical (unpaired) electrons. The van der Waals surface area contributed by atoms with Crippen molar-refractivity contribution in [2.45, 2.75) is 4.90 Å². The molecule has 2 N–H and O–H groups in total. The highest BCUT2D eigenvalue weighted by atomic mass is 32.2. The van der Waals surface area contributed by atoms with Gasteiger partial charge in [-0.05, 0) is 35.4 Å². The van der Waals surface area contributed by atoms with E-state index in [4.69, 9.17) is 14.6 Å². The largest absolute Gasteiger partial charge is 0.494 e. The zero-order chi connectivity index (χ0) is 23.1. The Morgan fingerprint density at radius 1 is 0.677 bits per heavy atom. The van der Waals surface area contributed by atoms with Crippen molar-refractivity contribution in [1.29, 1.82) is 0 Å². The highest BCUT2D eigenvalue weighted by Crippen LogP contribution is 2.42. The molecule has 0 unspecified atom stereocenters. The minimum absolute atomic E-state index is 0.194. The summed E-state index contributed by atoms with van der Waals surface area (Å²) in [5.74, 6) is -9.44. The third-order valence-corrected chi connectivity index (χ3v) is 5.40. The molecule has 0 spiro atoms. The van der Waals surface area contributed by atoms with E-state index in [1.807, 2.05) is 0 Å². The molecule has 0 atom stereocenters. The lowest BCUT2D eigenvalue weighted by Gasteiger charge is -2.16. The molecule has 0 heterocycles. The van der Waals surface area contributed by atoms with Gasteiger partial charge in [0.15, 0.2) is 34.8 Å². The molecule has 31 heavy (non-hydrogen) atoms. The molecule has 0 amide bonds. The van der Waals surface area contributed by atoms with Crippen molar-refractivity contribution in [3.8, 4) is 33.8 Å². The van der Waals surface area contributed by atoms with E-state index in [0.29, 0.717) is 0 Å². The molecule has 0 aliphatic carbocycles. The van der Waals surface area contributed by atoms with Gasteiger partial charge in [-0.3, -0.25) is 0 Å². The number of halogens is 5. The predicted molar refractivity (Wildman–Crippen MR) is 102 cm³/mol. The zero-order valence-electron chi connectivity index (χ0n) is 16.0. The van der Waals surface area contributed by atoms with Gasteiger partial charge < -0.3 is 9.47 Å². The van der Waals surface area contributed by atoms with Gasteiger partial charge in [-0.1, -0.05) is 12.1 Å². The number of benzene rings is 3. The Bertz CT molecular complexity index is 1250. The smallest absolute Gasteiger partial charge is 0.238 e. The summed E-state index contributed by atoms with van der Waals surface area (Å²) in [6, 6.07) is 5.95. The van der Waals surface area contributed by atoms with Crippen LogP contribution in [0.2, 0.25) is 0 Å². The van der Waals surface area contributed by atoms with Gasteiger partial charge in [-0.15, -0.1) is 0 Å². The number of nitrogens with two attached hydrogens (primary N) is 1. The van der Waals surface area contributed by atoms with Crippen LogP contribution in [0.3, 0.4) is 0 Å². The predicted octanol–water partition coefficient (Wildman–Crippen LogP) is 4.38. The average Bonchev–Trinajstić information content (AvgIpc) is 2.74. The molecule has 3 rings (SSSR count). The third-order valence-electron chi connectivity index (χ3n) is 4.47. The van der Waals surface area contributed by atoms with E-state index in [1.165, 1.54) is 0 Å². The van der Waals surface area contributed by atoms with Crippen molar-refractivity contribution in [1.82, 2.24) is 0 Å². The summed E-state index contributed by atoms with van der Waals surface area (Å²) in [6.07, 6.45) is 0. The molecule has 0 aliphatic heterocycles. The Kier molecular flexibility index (Phi) is 5.92. The second-order valence-corrected chi connectivity index (χ2v) is 7.83. The highest BCUT2D eigenvalue weighted by molar-refractivity contribution is 7.89. The molecule has 0 aromatic heterocycles. The maximum Gasteiger partial charge on any atom is 0.238 e. The van der Waals surface area contributed by atoms with Gasteiger partial charge in [0, 0.05) is 11.1 Å². The minimum Gasteiger partial charge on any atom is -0.494 e. The maximum absolute atomic E-state index is 14.8. The first kappa shape index (κ1) is 22.5. The third kappa shape index (κ3) is 3.93. The quantitative estimate of drug-likeness (QED) is 0.349. The molecule has 0 fully saturated rings. The molecule has 0 bridgehead atoms. The lowest BCUT2D eigenvalue weighted by atomic mass is 9.92. The second-order valence-electron chi connectivity index (χ2n) is 6.27. The second kappa shape index (κ2) is 8.16. The molecule has 0 aliphatic rings. The van der Waals surface area contributed by atoms with E-state index >= 15 is 0 Å². The summed E-state index contributed by atoms with van der Waals surface area (Å²) in [5, 5.41) is 5.01. The SMILES string of the molecule is COc1cc(-c2c(F)c(F)c(F)c(F)c2-c2ccc(S(N)(=O)=O)cc2)cc(OC)c1F. The van der Waals surface area contributed by atoms with Crippen molar-refractivity contribution in [3.05, 3.63) is 65.5 Å². The van der Waals surface area contributed by atoms with E-state index < -0.39 is 61.7 Å². The fraction of sp³-hybridized carbons (Fsp3) is 0.100. The van der Waals surface area contributed by atoms with Crippen molar-refractivity contribution >= 4 is 10.0 Å². The number of primary sulfonamides is 1. The van der Waals surface area contributed by atoms with Crippen LogP contribution >= 0.6 is 0 Å². The van der Waals surface area contributed by atoms with Crippen LogP contribution in [0.5, 0.6) is 11.5 Å². The summed E-state index contributed by atoms with van der Waals surface area (Å²) in [4.78, 5) is -0.341. The monoisotopic (exact) mass is 459 g/mol. The van der Waals surface area contributed by atoms with Crippen LogP contribution in [0.25, 0.3) is 22.3 Å². The summed E-state index contributed by atoms with van der Waals surface area (Å²) >= 11 is 0. The normalized spacial score (nSPS) is 11.5. The molecule has 3 aromatic carbocycles. The van der Waals surface area contributed by atoms with E-state index in [9.17, 15) is 30.4 Å². The topological polar surface area (TPSA) is 78.6 Å². The van der Waals surface area contributed by atoms with E-state index in [0.717, 1.165) is 50.6 Å². The lowest BCUT2D eigenvalue weighted by Crippen LogP contribution is -2.11. The Morgan fingerprint density at radius 3 is 1.48 bits per heavy atom. The number of methoxy groups -OCH3 is 2. The summed E-state index contributed by atoms with van der Waals surface area (Å²) in [5.41, 5.74) is -1.96. The van der Waals surface area contributed by atoms with E-state index in [2.05, 4.69) is 0 Å². The van der Waals surface area contributed by atoms with Gasteiger partial charge in [-0.25, -0.2) is 31.1 Å². The highest BCUT2D eigenvalue weighted by Gasteiger charge is 2.28. The maximum atomic E-state index is 14.8. The number of ether oxygens (including phenoxy) is 2. The van der Waals surface area contributed by atoms with Gasteiger partial charge in [0.1, 0.15) is 0 Å². The first-order valence-electron chi connectivity index (χ1n) is 8.42. The van der Waals surface area contributed by atoms with Gasteiger partial charge >= 0.3 is 0 Å². The molecule has 5 nitrogen and oxygen atoms in total. The molecule has 11 heteroatoms. The Hall–Kier alpha value is -3.18. The Labute approximate surface area is 173 Å². The number of hydrogen-bond donors (Lipinski definition) is 1. The zero-order valence-corrected chi connectivity index (χ0v) is 16.8. The lowest BCUT2D eigenvalue weighted by molar-refractivity contribution is 0.350. The van der Waals surface area contributed by atoms with E-state index in [1.54, 1.807) is 0 Å². The van der Waals surface area contributed by atoms with Gasteiger partial charge in [0.05, 0.1) is 19.1 Å². The van der Waals surface area contributed by atoms with Gasteiger partial charge in [-0.2, -0.15) is 4.39 Å². The van der Waals surface area contributed by atoms with Crippen LogP contribution < -0.4 is 14.6 Å². The molecular formula is C20H14F5NO4S. The molecule has 3 aromatic rings. The van der Waals surface area contributed by atoms with E-state index in [-0.39, 0.29) is 16.0 Å². The van der Waals surface area contributed by atoms with Crippen LogP contribution in [-0.2, 0) is 10.0 Å². The first-order valence-corrected chi connectivity index (χ1v) is 9.97. The van der Waals surface area contributed by atoms with Gasteiger partial charge in [0.25, 0.3) is 0 Å². The first-order chi connectivity index (χ1) is 14.5. The molecule has 0 saturated heterocycles. The Morgan fingerprint density at radius 2 is 1.10 bits per heavy atom. The van der Waals surface area contributed by atoms with Gasteiger partial charge in [0.2, 0.25) is 15.8 Å². The van der Waals surface area contributed by atoms with Crippen LogP contribution in [0.4, 0.5) is 22.0 Å². The number of rotatable bonds is 5. The standard InChI is InChI=1S/C20H14F5NO4S/c1-29-12-7-10(8-13(30-2)16(12)21)15-14(17(22)19(24)20(25)18(15)23)9-3-5-11(6-4-9)31(26,27)28/h3-8H,1-2H3,(H2,26,27,28). The van der Waals surface area contributed by atoms with Crippen LogP contribution in [0.1, 0.15) is 0 Å². The number of hydrogen-bond acceptors (Lipinski definition) is 4. The molecule has 0 saturated carbocycles. The van der Waals surface area contributed by atoms with Crippen LogP contribution in [0, 0.1) is 29.1 Å². The van der Waals surface area contributed by atoms with Crippen molar-refractivity contribution in [2.75, 3.05) is 14.2 Å². The van der Waals surface area contributed by atoms with Crippen molar-refractivity contribution in [2.24, 2.45) is 5.14 Å². The summed E-state index contributed by atoms with van der Waals surface area (Å²) < 4.78 is 105. The molecular weight excluding hydrogens is 445 g/mol. The average molecular weight is 459 g/mol.